The fourth-order valence-electron chi connectivity index (χ4n) is 3.55. The molecule has 25 heavy (non-hydrogen) atoms. The molecule has 1 aromatic rings. The molecule has 0 aromatic heterocycles. The summed E-state index contributed by atoms with van der Waals surface area (Å²) in [5.41, 5.74) is 1.18. The highest BCUT2D eigenvalue weighted by atomic mass is 16.2. The Morgan fingerprint density at radius 3 is 2.60 bits per heavy atom. The van der Waals surface area contributed by atoms with Crippen molar-refractivity contribution in [1.29, 1.82) is 0 Å². The Morgan fingerprint density at radius 1 is 1.08 bits per heavy atom. The third-order valence-electron chi connectivity index (χ3n) is 4.97. The van der Waals surface area contributed by atoms with E-state index in [1.165, 1.54) is 5.56 Å². The number of amides is 2. The lowest BCUT2D eigenvalue weighted by molar-refractivity contribution is -0.132. The first kappa shape index (κ1) is 17.7. The van der Waals surface area contributed by atoms with E-state index >= 15 is 0 Å². The molecule has 1 aromatic carbocycles. The average Bonchev–Trinajstić information content (AvgIpc) is 3.31. The summed E-state index contributed by atoms with van der Waals surface area (Å²) in [6, 6.07) is 10.5. The molecule has 0 unspecified atom stereocenters. The van der Waals surface area contributed by atoms with Gasteiger partial charge in [0.15, 0.2) is 0 Å². The average molecular weight is 341 g/mol. The van der Waals surface area contributed by atoms with Crippen molar-refractivity contribution < 1.29 is 9.59 Å². The molecule has 0 spiro atoms. The van der Waals surface area contributed by atoms with E-state index in [9.17, 15) is 9.59 Å². The number of hydrogen-bond acceptors (Lipinski definition) is 3. The highest BCUT2D eigenvalue weighted by molar-refractivity contribution is 5.85. The Labute approximate surface area is 149 Å². The van der Waals surface area contributed by atoms with E-state index in [0.717, 1.165) is 45.3 Å². The van der Waals surface area contributed by atoms with Crippen LogP contribution in [0.15, 0.2) is 36.4 Å². The van der Waals surface area contributed by atoms with Gasteiger partial charge >= 0.3 is 0 Å². The maximum absolute atomic E-state index is 12.2. The Morgan fingerprint density at radius 2 is 1.84 bits per heavy atom. The van der Waals surface area contributed by atoms with Crippen molar-refractivity contribution in [3.05, 3.63) is 42.0 Å². The van der Waals surface area contributed by atoms with Crippen LogP contribution in [0, 0.1) is 0 Å². The quantitative estimate of drug-likeness (QED) is 0.860. The van der Waals surface area contributed by atoms with Crippen molar-refractivity contribution in [2.24, 2.45) is 0 Å². The second kappa shape index (κ2) is 8.81. The zero-order chi connectivity index (χ0) is 17.5. The Bertz CT molecular complexity index is 609. The van der Waals surface area contributed by atoms with E-state index in [-0.39, 0.29) is 18.4 Å². The largest absolute Gasteiger partial charge is 0.346 e. The lowest BCUT2D eigenvalue weighted by atomic mass is 10.1. The first-order chi connectivity index (χ1) is 12.2. The molecule has 0 aliphatic carbocycles. The molecule has 2 saturated heterocycles. The van der Waals surface area contributed by atoms with Crippen LogP contribution in [0.1, 0.15) is 31.2 Å². The standard InChI is InChI=1S/C20H27N3O2/c24-19(21-15-20(25)22-12-4-5-13-22)16-23-14-6-9-18(23)11-10-17-7-2-1-3-8-17/h1-3,7-8,10-11,18H,4-6,9,12-16H2,(H,21,24)/b11-10+/t18-/m0/s1. The molecule has 0 saturated carbocycles. The molecule has 1 atom stereocenters. The van der Waals surface area contributed by atoms with Crippen molar-refractivity contribution in [1.82, 2.24) is 15.1 Å². The molecule has 5 nitrogen and oxygen atoms in total. The molecule has 2 aliphatic heterocycles. The summed E-state index contributed by atoms with van der Waals surface area (Å²) in [5, 5.41) is 2.78. The molecule has 3 rings (SSSR count). The van der Waals surface area contributed by atoms with Crippen LogP contribution in [0.5, 0.6) is 0 Å². The van der Waals surface area contributed by atoms with Gasteiger partial charge in [0, 0.05) is 19.1 Å². The first-order valence-electron chi connectivity index (χ1n) is 9.24. The van der Waals surface area contributed by atoms with Crippen LogP contribution in [0.2, 0.25) is 0 Å². The normalized spacial score (nSPS) is 21.1. The van der Waals surface area contributed by atoms with Crippen LogP contribution in [0.25, 0.3) is 6.08 Å². The molecule has 2 aliphatic rings. The fraction of sp³-hybridized carbons (Fsp3) is 0.500. The number of rotatable bonds is 6. The SMILES string of the molecule is O=C(CN1CCC[C@H]1/C=C/c1ccccc1)NCC(=O)N1CCCC1. The molecule has 0 radical (unpaired) electrons. The van der Waals surface area contributed by atoms with Gasteiger partial charge in [0.2, 0.25) is 11.8 Å². The lowest BCUT2D eigenvalue weighted by Gasteiger charge is -2.21. The molecule has 2 heterocycles. The van der Waals surface area contributed by atoms with Gasteiger partial charge in [-0.1, -0.05) is 42.5 Å². The third kappa shape index (κ3) is 5.16. The third-order valence-corrected chi connectivity index (χ3v) is 4.97. The van der Waals surface area contributed by atoms with E-state index in [1.807, 2.05) is 23.1 Å². The van der Waals surface area contributed by atoms with E-state index < -0.39 is 0 Å². The van der Waals surface area contributed by atoms with Gasteiger partial charge in [0.25, 0.3) is 0 Å². The minimum absolute atomic E-state index is 0.0350. The van der Waals surface area contributed by atoms with Crippen molar-refractivity contribution in [2.45, 2.75) is 31.7 Å². The molecule has 5 heteroatoms. The maximum atomic E-state index is 12.2. The number of carbonyl (C=O) groups excluding carboxylic acids is 2. The number of benzene rings is 1. The monoisotopic (exact) mass is 341 g/mol. The van der Waals surface area contributed by atoms with E-state index in [2.05, 4.69) is 34.5 Å². The van der Waals surface area contributed by atoms with Gasteiger partial charge in [-0.05, 0) is 37.8 Å². The van der Waals surface area contributed by atoms with E-state index in [4.69, 9.17) is 0 Å². The van der Waals surface area contributed by atoms with Gasteiger partial charge in [0.1, 0.15) is 0 Å². The number of nitrogens with one attached hydrogen (secondary N) is 1. The number of nitrogens with zero attached hydrogens (tertiary/aromatic N) is 2. The van der Waals surface area contributed by atoms with Crippen LogP contribution in [-0.4, -0.2) is 60.4 Å². The van der Waals surface area contributed by atoms with Crippen molar-refractivity contribution in [2.75, 3.05) is 32.7 Å². The summed E-state index contributed by atoms with van der Waals surface area (Å²) in [5.74, 6) is -0.0275. The zero-order valence-corrected chi connectivity index (χ0v) is 14.7. The van der Waals surface area contributed by atoms with Gasteiger partial charge in [-0.3, -0.25) is 14.5 Å². The molecule has 2 fully saturated rings. The second-order valence-electron chi connectivity index (χ2n) is 6.81. The topological polar surface area (TPSA) is 52.7 Å². The van der Waals surface area contributed by atoms with Crippen molar-refractivity contribution in [3.8, 4) is 0 Å². The summed E-state index contributed by atoms with van der Waals surface area (Å²) in [6.07, 6.45) is 8.63. The van der Waals surface area contributed by atoms with Gasteiger partial charge < -0.3 is 10.2 Å². The van der Waals surface area contributed by atoms with Crippen LogP contribution >= 0.6 is 0 Å². The van der Waals surface area contributed by atoms with Crippen molar-refractivity contribution >= 4 is 17.9 Å². The Kier molecular flexibility index (Phi) is 6.23. The smallest absolute Gasteiger partial charge is 0.241 e. The van der Waals surface area contributed by atoms with E-state index in [0.29, 0.717) is 12.6 Å². The summed E-state index contributed by atoms with van der Waals surface area (Å²) < 4.78 is 0. The van der Waals surface area contributed by atoms with Gasteiger partial charge in [-0.15, -0.1) is 0 Å². The lowest BCUT2D eigenvalue weighted by Crippen LogP contribution is -2.43. The number of hydrogen-bond donors (Lipinski definition) is 1. The van der Waals surface area contributed by atoms with Crippen LogP contribution in [-0.2, 0) is 9.59 Å². The molecule has 0 bridgehead atoms. The van der Waals surface area contributed by atoms with Gasteiger partial charge in [-0.2, -0.15) is 0 Å². The zero-order valence-electron chi connectivity index (χ0n) is 14.7. The van der Waals surface area contributed by atoms with Crippen LogP contribution in [0.4, 0.5) is 0 Å². The number of carbonyl (C=O) groups is 2. The van der Waals surface area contributed by atoms with Crippen molar-refractivity contribution in [3.63, 3.8) is 0 Å². The van der Waals surface area contributed by atoms with Gasteiger partial charge in [-0.25, -0.2) is 0 Å². The van der Waals surface area contributed by atoms with Crippen LogP contribution < -0.4 is 5.32 Å². The predicted molar refractivity (Wildman–Crippen MR) is 98.9 cm³/mol. The highest BCUT2D eigenvalue weighted by Crippen LogP contribution is 2.19. The summed E-state index contributed by atoms with van der Waals surface area (Å²) >= 11 is 0. The molecule has 1 N–H and O–H groups in total. The van der Waals surface area contributed by atoms with Crippen LogP contribution in [0.3, 0.4) is 0 Å². The van der Waals surface area contributed by atoms with Gasteiger partial charge in [0.05, 0.1) is 13.1 Å². The molecule has 134 valence electrons. The maximum Gasteiger partial charge on any atom is 0.241 e. The first-order valence-corrected chi connectivity index (χ1v) is 9.24. The molecular formula is C20H27N3O2. The fourth-order valence-corrected chi connectivity index (χ4v) is 3.55. The summed E-state index contributed by atoms with van der Waals surface area (Å²) in [7, 11) is 0. The second-order valence-corrected chi connectivity index (χ2v) is 6.81. The minimum Gasteiger partial charge on any atom is -0.346 e. The molecular weight excluding hydrogens is 314 g/mol. The minimum atomic E-state index is -0.0624. The summed E-state index contributed by atoms with van der Waals surface area (Å²) in [4.78, 5) is 28.2. The predicted octanol–water partition coefficient (Wildman–Crippen LogP) is 1.90. The Balaban J connectivity index is 1.45. The Hall–Kier alpha value is -2.14. The highest BCUT2D eigenvalue weighted by Gasteiger charge is 2.24. The van der Waals surface area contributed by atoms with E-state index in [1.54, 1.807) is 0 Å². The number of likely N-dealkylation sites (tertiary alicyclic amines) is 2. The molecule has 2 amide bonds. The summed E-state index contributed by atoms with van der Waals surface area (Å²) in [6.45, 7) is 3.06.